The van der Waals surface area contributed by atoms with Gasteiger partial charge >= 0.3 is 5.69 Å². The molecule has 3 heterocycles. The van der Waals surface area contributed by atoms with Gasteiger partial charge in [0.25, 0.3) is 11.1 Å². The van der Waals surface area contributed by atoms with E-state index < -0.39 is 28.5 Å². The highest BCUT2D eigenvalue weighted by Gasteiger charge is 2.26. The van der Waals surface area contributed by atoms with Crippen LogP contribution < -0.4 is 37.5 Å². The van der Waals surface area contributed by atoms with Crippen LogP contribution in [0.3, 0.4) is 0 Å². The second-order valence-corrected chi connectivity index (χ2v) is 11.5. The number of aryl methyl sites for hydroxylation is 2. The molecule has 1 aliphatic heterocycles. The van der Waals surface area contributed by atoms with Gasteiger partial charge in [-0.15, -0.1) is 0 Å². The zero-order valence-electron chi connectivity index (χ0n) is 27.9. The van der Waals surface area contributed by atoms with Crippen LogP contribution in [0, 0.1) is 19.7 Å². The highest BCUT2D eigenvalue weighted by molar-refractivity contribution is 5.94. The molecule has 0 unspecified atom stereocenters. The Balaban J connectivity index is 0.00000221. The van der Waals surface area contributed by atoms with E-state index in [4.69, 9.17) is 10.5 Å². The molecule has 0 fully saturated rings. The summed E-state index contributed by atoms with van der Waals surface area (Å²) in [6.07, 6.45) is 0.737. The van der Waals surface area contributed by atoms with Gasteiger partial charge in [-0.3, -0.25) is 23.5 Å². The summed E-state index contributed by atoms with van der Waals surface area (Å²) in [5.41, 5.74) is 7.46. The number of pyridine rings is 1. The fourth-order valence-corrected chi connectivity index (χ4v) is 6.06. The third kappa shape index (κ3) is 6.08. The first-order chi connectivity index (χ1) is 23.0. The summed E-state index contributed by atoms with van der Waals surface area (Å²) in [6.45, 7) is 7.87. The third-order valence-corrected chi connectivity index (χ3v) is 8.42. The largest absolute Gasteiger partial charge is 0.497 e. The molecular formula is C36H39FN6O5. The lowest BCUT2D eigenvalue weighted by Gasteiger charge is -2.22. The number of methoxy groups -OCH3 is 1. The van der Waals surface area contributed by atoms with E-state index in [1.807, 2.05) is 36.9 Å². The fourth-order valence-electron chi connectivity index (χ4n) is 6.06. The van der Waals surface area contributed by atoms with Crippen LogP contribution in [0.25, 0.3) is 16.7 Å². The van der Waals surface area contributed by atoms with Gasteiger partial charge in [-0.2, -0.15) is 0 Å². The van der Waals surface area contributed by atoms with Crippen LogP contribution in [-0.4, -0.2) is 39.8 Å². The van der Waals surface area contributed by atoms with Gasteiger partial charge in [-0.1, -0.05) is 38.1 Å². The number of anilines is 3. The van der Waals surface area contributed by atoms with E-state index in [0.29, 0.717) is 29.1 Å². The number of nitrogens with one attached hydrogen (secondary N) is 1. The van der Waals surface area contributed by atoms with Crippen LogP contribution in [0.15, 0.2) is 75.0 Å². The fraction of sp³-hybridized carbons (Fsp3) is 0.278. The molecule has 0 saturated carbocycles. The standard InChI is InChI=1S/C34H33FN6O5.C2H6/c1-19-5-12-26(25(35)15-19)41-31-29(33(44)40(34(41)45)17-21-6-10-24(46-4)11-7-21)30(20(2)32(43)38(31)3)37-23-9-8-22-13-14-39(18-28(36)42)27(22)16-23;1-2/h5-12,15-16,37H,13-14,17-18H2,1-4H3,(H2,36,42);1-2H3. The van der Waals surface area contributed by atoms with Gasteiger partial charge < -0.3 is 20.7 Å². The number of carbonyl (C=O) groups is 1. The Bertz CT molecular complexity index is 2220. The molecule has 3 aromatic carbocycles. The number of nitrogens with two attached hydrogens (primary N) is 1. The van der Waals surface area contributed by atoms with Crippen LogP contribution in [0.4, 0.5) is 21.5 Å². The summed E-state index contributed by atoms with van der Waals surface area (Å²) in [4.78, 5) is 55.8. The summed E-state index contributed by atoms with van der Waals surface area (Å²) in [7, 11) is 2.99. The Kier molecular flexibility index (Phi) is 9.55. The normalized spacial score (nSPS) is 12.0. The van der Waals surface area contributed by atoms with Crippen molar-refractivity contribution in [3.8, 4) is 11.4 Å². The molecule has 5 aromatic rings. The number of aromatic nitrogens is 3. The number of ether oxygens (including phenoxy) is 1. The van der Waals surface area contributed by atoms with Crippen molar-refractivity contribution in [2.24, 2.45) is 12.8 Å². The first kappa shape index (κ1) is 33.7. The summed E-state index contributed by atoms with van der Waals surface area (Å²) >= 11 is 0. The first-order valence-corrected chi connectivity index (χ1v) is 15.7. The molecule has 11 nitrogen and oxygen atoms in total. The molecular weight excluding hydrogens is 615 g/mol. The molecule has 0 aliphatic carbocycles. The summed E-state index contributed by atoms with van der Waals surface area (Å²) in [5, 5.41) is 3.29. The molecule has 3 N–H and O–H groups in total. The summed E-state index contributed by atoms with van der Waals surface area (Å²) in [6, 6.07) is 16.9. The van der Waals surface area contributed by atoms with Crippen LogP contribution in [0.1, 0.15) is 36.1 Å². The van der Waals surface area contributed by atoms with Crippen molar-refractivity contribution in [2.75, 3.05) is 30.4 Å². The van der Waals surface area contributed by atoms with E-state index >= 15 is 4.39 Å². The molecule has 0 bridgehead atoms. The number of benzene rings is 3. The van der Waals surface area contributed by atoms with Gasteiger partial charge in [0.2, 0.25) is 5.91 Å². The predicted octanol–water partition coefficient (Wildman–Crippen LogP) is 4.28. The number of amides is 1. The van der Waals surface area contributed by atoms with Gasteiger partial charge in [0.15, 0.2) is 0 Å². The Hall–Kier alpha value is -5.65. The number of hydrogen-bond acceptors (Lipinski definition) is 7. The van der Waals surface area contributed by atoms with E-state index in [0.717, 1.165) is 26.8 Å². The average Bonchev–Trinajstić information content (AvgIpc) is 3.46. The van der Waals surface area contributed by atoms with E-state index in [9.17, 15) is 19.2 Å². The summed E-state index contributed by atoms with van der Waals surface area (Å²) < 4.78 is 24.2. The molecule has 0 spiro atoms. The Morgan fingerprint density at radius 3 is 2.31 bits per heavy atom. The number of hydrogen-bond donors (Lipinski definition) is 2. The van der Waals surface area contributed by atoms with Crippen molar-refractivity contribution in [1.29, 1.82) is 0 Å². The maximum Gasteiger partial charge on any atom is 0.337 e. The van der Waals surface area contributed by atoms with Crippen LogP contribution in [0.2, 0.25) is 0 Å². The van der Waals surface area contributed by atoms with Crippen molar-refractivity contribution in [3.05, 3.63) is 120 Å². The van der Waals surface area contributed by atoms with Crippen molar-refractivity contribution < 1.29 is 13.9 Å². The number of nitrogens with zero attached hydrogens (tertiary/aromatic N) is 4. The van der Waals surface area contributed by atoms with E-state index in [1.165, 1.54) is 30.9 Å². The number of fused-ring (bicyclic) bond motifs is 2. The SMILES string of the molecule is CC.COc1ccc(Cn2c(=O)c3c(Nc4ccc5c(c4)N(CC(N)=O)CC5)c(C)c(=O)n(C)c3n(-c3ccc(C)cc3F)c2=O)cc1. The van der Waals surface area contributed by atoms with Gasteiger partial charge in [0, 0.05) is 30.5 Å². The Morgan fingerprint density at radius 1 is 0.958 bits per heavy atom. The van der Waals surface area contributed by atoms with Crippen LogP contribution in [-0.2, 0) is 24.8 Å². The first-order valence-electron chi connectivity index (χ1n) is 15.7. The third-order valence-electron chi connectivity index (χ3n) is 8.42. The van der Waals surface area contributed by atoms with Crippen molar-refractivity contribution >= 4 is 34.0 Å². The van der Waals surface area contributed by atoms with Gasteiger partial charge in [-0.05, 0) is 73.4 Å². The maximum atomic E-state index is 15.6. The van der Waals surface area contributed by atoms with E-state index in [2.05, 4.69) is 5.32 Å². The lowest BCUT2D eigenvalue weighted by molar-refractivity contribution is -0.116. The van der Waals surface area contributed by atoms with Gasteiger partial charge in [0.1, 0.15) is 22.6 Å². The Labute approximate surface area is 276 Å². The highest BCUT2D eigenvalue weighted by atomic mass is 19.1. The van der Waals surface area contributed by atoms with Crippen LogP contribution in [0.5, 0.6) is 5.75 Å². The Morgan fingerprint density at radius 2 is 1.67 bits per heavy atom. The second kappa shape index (κ2) is 13.6. The maximum absolute atomic E-state index is 15.6. The molecule has 1 amide bonds. The second-order valence-electron chi connectivity index (χ2n) is 11.5. The average molecular weight is 655 g/mol. The predicted molar refractivity (Wildman–Crippen MR) is 187 cm³/mol. The molecule has 6 rings (SSSR count). The highest BCUT2D eigenvalue weighted by Crippen LogP contribution is 2.33. The number of primary amides is 1. The molecule has 2 aromatic heterocycles. The zero-order chi connectivity index (χ0) is 34.9. The lowest BCUT2D eigenvalue weighted by atomic mass is 10.1. The quantitative estimate of drug-likeness (QED) is 0.255. The zero-order valence-corrected chi connectivity index (χ0v) is 27.9. The minimum Gasteiger partial charge on any atom is -0.497 e. The molecule has 1 aliphatic rings. The smallest absolute Gasteiger partial charge is 0.337 e. The van der Waals surface area contributed by atoms with Gasteiger partial charge in [-0.25, -0.2) is 13.8 Å². The van der Waals surface area contributed by atoms with E-state index in [1.54, 1.807) is 44.2 Å². The van der Waals surface area contributed by atoms with Crippen molar-refractivity contribution in [2.45, 2.75) is 40.7 Å². The lowest BCUT2D eigenvalue weighted by Crippen LogP contribution is -2.42. The molecule has 0 atom stereocenters. The molecule has 0 saturated heterocycles. The van der Waals surface area contributed by atoms with Crippen molar-refractivity contribution in [1.82, 2.24) is 13.7 Å². The minimum atomic E-state index is -0.805. The van der Waals surface area contributed by atoms with E-state index in [-0.39, 0.29) is 41.1 Å². The molecule has 250 valence electrons. The topological polar surface area (TPSA) is 134 Å². The molecule has 48 heavy (non-hydrogen) atoms. The van der Waals surface area contributed by atoms with Gasteiger partial charge in [0.05, 0.1) is 31.6 Å². The minimum absolute atomic E-state index is 0.0298. The molecule has 12 heteroatoms. The number of halogens is 1. The van der Waals surface area contributed by atoms with Crippen LogP contribution >= 0.6 is 0 Å². The molecule has 0 radical (unpaired) electrons. The van der Waals surface area contributed by atoms with Crippen molar-refractivity contribution in [3.63, 3.8) is 0 Å². The number of carbonyl (C=O) groups excluding carboxylic acids is 1. The number of rotatable bonds is 8. The summed E-state index contributed by atoms with van der Waals surface area (Å²) in [5.74, 6) is -0.540. The monoisotopic (exact) mass is 654 g/mol.